The van der Waals surface area contributed by atoms with Crippen molar-refractivity contribution in [1.29, 1.82) is 0 Å². The van der Waals surface area contributed by atoms with Gasteiger partial charge in [-0.05, 0) is 18.4 Å². The molecule has 1 aromatic carbocycles. The van der Waals surface area contributed by atoms with Gasteiger partial charge in [-0.1, -0.05) is 37.3 Å². The molecule has 0 amide bonds. The van der Waals surface area contributed by atoms with E-state index in [0.717, 1.165) is 5.56 Å². The van der Waals surface area contributed by atoms with E-state index in [2.05, 4.69) is 9.98 Å². The van der Waals surface area contributed by atoms with Crippen LogP contribution >= 0.6 is 0 Å². The standard InChI is InChI=1S/C20H21FN2O2/c1-3-25-20-17-12-22-18(19(21)16(17)11-23-20)10-15(24)9-13(2)14-7-5-4-6-8-14/h4-8,12-13H,3,9-11H2,1-2H3/t13-/m0/s1. The van der Waals surface area contributed by atoms with E-state index in [-0.39, 0.29) is 30.4 Å². The van der Waals surface area contributed by atoms with Gasteiger partial charge in [0.25, 0.3) is 0 Å². The summed E-state index contributed by atoms with van der Waals surface area (Å²) >= 11 is 0. The second-order valence-corrected chi connectivity index (χ2v) is 6.20. The number of hydrogen-bond donors (Lipinski definition) is 0. The Hall–Kier alpha value is -2.56. The molecule has 0 fully saturated rings. The van der Waals surface area contributed by atoms with Crippen molar-refractivity contribution >= 4 is 11.7 Å². The first kappa shape index (κ1) is 17.3. The molecule has 1 aromatic heterocycles. The van der Waals surface area contributed by atoms with Gasteiger partial charge in [0, 0.05) is 18.2 Å². The number of pyridine rings is 1. The Balaban J connectivity index is 1.69. The summed E-state index contributed by atoms with van der Waals surface area (Å²) < 4.78 is 20.0. The first-order valence-electron chi connectivity index (χ1n) is 8.50. The number of ketones is 1. The highest BCUT2D eigenvalue weighted by Crippen LogP contribution is 2.25. The van der Waals surface area contributed by atoms with Crippen LogP contribution in [0.5, 0.6) is 0 Å². The molecule has 3 rings (SSSR count). The summed E-state index contributed by atoms with van der Waals surface area (Å²) in [6, 6.07) is 9.85. The largest absolute Gasteiger partial charge is 0.478 e. The summed E-state index contributed by atoms with van der Waals surface area (Å²) in [5.74, 6) is 0.0712. The molecular formula is C20H21FN2O2. The molecule has 0 spiro atoms. The molecule has 0 bridgehead atoms. The van der Waals surface area contributed by atoms with Crippen molar-refractivity contribution < 1.29 is 13.9 Å². The monoisotopic (exact) mass is 340 g/mol. The van der Waals surface area contributed by atoms with Crippen molar-refractivity contribution in [1.82, 2.24) is 4.98 Å². The van der Waals surface area contributed by atoms with Crippen molar-refractivity contribution in [2.24, 2.45) is 4.99 Å². The third kappa shape index (κ3) is 3.76. The van der Waals surface area contributed by atoms with E-state index in [1.165, 1.54) is 0 Å². The van der Waals surface area contributed by atoms with Crippen LogP contribution in [0.2, 0.25) is 0 Å². The van der Waals surface area contributed by atoms with Crippen LogP contribution in [-0.4, -0.2) is 23.3 Å². The summed E-state index contributed by atoms with van der Waals surface area (Å²) in [7, 11) is 0. The lowest BCUT2D eigenvalue weighted by Gasteiger charge is -2.12. The molecule has 0 aliphatic carbocycles. The number of carbonyl (C=O) groups is 1. The van der Waals surface area contributed by atoms with Gasteiger partial charge in [-0.15, -0.1) is 0 Å². The zero-order chi connectivity index (χ0) is 17.8. The molecule has 1 atom stereocenters. The van der Waals surface area contributed by atoms with Crippen LogP contribution in [0.25, 0.3) is 0 Å². The second-order valence-electron chi connectivity index (χ2n) is 6.20. The minimum absolute atomic E-state index is 0.000253. The zero-order valence-electron chi connectivity index (χ0n) is 14.5. The van der Waals surface area contributed by atoms with Crippen molar-refractivity contribution in [2.45, 2.75) is 39.2 Å². The molecule has 0 saturated heterocycles. The number of fused-ring (bicyclic) bond motifs is 1. The highest BCUT2D eigenvalue weighted by molar-refractivity contribution is 5.97. The maximum absolute atomic E-state index is 14.7. The Morgan fingerprint density at radius 1 is 1.32 bits per heavy atom. The lowest BCUT2D eigenvalue weighted by Crippen LogP contribution is -2.13. The number of Topliss-reactive ketones (excluding diaryl/α,β-unsaturated/α-hetero) is 1. The SMILES string of the molecule is CCOC1=NCc2c1cnc(CC(=O)C[C@H](C)c1ccccc1)c2F. The predicted octanol–water partition coefficient (Wildman–Crippen LogP) is 3.82. The third-order valence-electron chi connectivity index (χ3n) is 4.35. The Morgan fingerprint density at radius 3 is 2.80 bits per heavy atom. The van der Waals surface area contributed by atoms with Gasteiger partial charge in [-0.2, -0.15) is 0 Å². The van der Waals surface area contributed by atoms with Gasteiger partial charge in [-0.3, -0.25) is 9.78 Å². The summed E-state index contributed by atoms with van der Waals surface area (Å²) in [5.41, 5.74) is 2.36. The Morgan fingerprint density at radius 2 is 2.08 bits per heavy atom. The average Bonchev–Trinajstić information content (AvgIpc) is 3.02. The fraction of sp³-hybridized carbons (Fsp3) is 0.350. The van der Waals surface area contributed by atoms with Crippen molar-refractivity contribution in [3.05, 3.63) is 64.7 Å². The molecule has 130 valence electrons. The highest BCUT2D eigenvalue weighted by atomic mass is 19.1. The number of aromatic nitrogens is 1. The van der Waals surface area contributed by atoms with Gasteiger partial charge in [0.2, 0.25) is 5.90 Å². The van der Waals surface area contributed by atoms with Crippen molar-refractivity contribution in [3.8, 4) is 0 Å². The summed E-state index contributed by atoms with van der Waals surface area (Å²) in [6.45, 7) is 4.56. The van der Waals surface area contributed by atoms with Crippen LogP contribution in [0, 0.1) is 5.82 Å². The predicted molar refractivity (Wildman–Crippen MR) is 94.2 cm³/mol. The Kier molecular flexibility index (Phi) is 5.22. The number of benzene rings is 1. The molecule has 25 heavy (non-hydrogen) atoms. The fourth-order valence-electron chi connectivity index (χ4n) is 3.03. The van der Waals surface area contributed by atoms with Gasteiger partial charge < -0.3 is 4.74 Å². The summed E-state index contributed by atoms with van der Waals surface area (Å²) in [6.07, 6.45) is 1.92. The molecule has 5 heteroatoms. The molecule has 1 aliphatic heterocycles. The van der Waals surface area contributed by atoms with Crippen LogP contribution in [-0.2, 0) is 22.5 Å². The number of aliphatic imine (C=N–C) groups is 1. The smallest absolute Gasteiger partial charge is 0.218 e. The molecule has 1 aliphatic rings. The lowest BCUT2D eigenvalue weighted by molar-refractivity contribution is -0.118. The molecule has 0 unspecified atom stereocenters. The van der Waals surface area contributed by atoms with E-state index < -0.39 is 5.82 Å². The van der Waals surface area contributed by atoms with E-state index in [4.69, 9.17) is 4.74 Å². The summed E-state index contributed by atoms with van der Waals surface area (Å²) in [5, 5.41) is 0. The number of hydrogen-bond acceptors (Lipinski definition) is 4. The van der Waals surface area contributed by atoms with Gasteiger partial charge >= 0.3 is 0 Å². The topological polar surface area (TPSA) is 51.6 Å². The van der Waals surface area contributed by atoms with E-state index in [1.54, 1.807) is 6.20 Å². The molecule has 2 aromatic rings. The maximum Gasteiger partial charge on any atom is 0.218 e. The van der Waals surface area contributed by atoms with Crippen molar-refractivity contribution in [3.63, 3.8) is 0 Å². The quantitative estimate of drug-likeness (QED) is 0.803. The number of carbonyl (C=O) groups excluding carboxylic acids is 1. The molecule has 2 heterocycles. The molecular weight excluding hydrogens is 319 g/mol. The van der Waals surface area contributed by atoms with E-state index in [9.17, 15) is 9.18 Å². The van der Waals surface area contributed by atoms with Gasteiger partial charge in [-0.25, -0.2) is 9.38 Å². The minimum Gasteiger partial charge on any atom is -0.478 e. The van der Waals surface area contributed by atoms with Crippen LogP contribution in [0.3, 0.4) is 0 Å². The first-order valence-corrected chi connectivity index (χ1v) is 8.50. The average molecular weight is 340 g/mol. The van der Waals surface area contributed by atoms with Crippen LogP contribution in [0.15, 0.2) is 41.5 Å². The fourth-order valence-corrected chi connectivity index (χ4v) is 3.03. The highest BCUT2D eigenvalue weighted by Gasteiger charge is 2.24. The second kappa shape index (κ2) is 7.55. The zero-order valence-corrected chi connectivity index (χ0v) is 14.5. The van der Waals surface area contributed by atoms with E-state index in [1.807, 2.05) is 44.2 Å². The summed E-state index contributed by atoms with van der Waals surface area (Å²) in [4.78, 5) is 20.7. The Bertz CT molecular complexity index is 803. The number of nitrogens with zero attached hydrogens (tertiary/aromatic N) is 2. The third-order valence-corrected chi connectivity index (χ3v) is 4.35. The number of ether oxygens (including phenoxy) is 1. The van der Waals surface area contributed by atoms with Gasteiger partial charge in [0.1, 0.15) is 5.78 Å². The van der Waals surface area contributed by atoms with Gasteiger partial charge in [0.15, 0.2) is 5.82 Å². The Labute approximate surface area is 146 Å². The lowest BCUT2D eigenvalue weighted by atomic mass is 9.94. The van der Waals surface area contributed by atoms with Crippen molar-refractivity contribution in [2.75, 3.05) is 6.61 Å². The molecule has 0 saturated carbocycles. The minimum atomic E-state index is -0.434. The number of halogens is 1. The first-order chi connectivity index (χ1) is 12.1. The maximum atomic E-state index is 14.7. The van der Waals surface area contributed by atoms with E-state index >= 15 is 0 Å². The normalized spacial score (nSPS) is 14.0. The molecule has 4 nitrogen and oxygen atoms in total. The molecule has 0 radical (unpaired) electrons. The van der Waals surface area contributed by atoms with Gasteiger partial charge in [0.05, 0.1) is 30.8 Å². The van der Waals surface area contributed by atoms with Crippen LogP contribution in [0.1, 0.15) is 48.6 Å². The van der Waals surface area contributed by atoms with Crippen LogP contribution < -0.4 is 0 Å². The molecule has 0 N–H and O–H groups in total. The number of rotatable bonds is 6. The van der Waals surface area contributed by atoms with Crippen LogP contribution in [0.4, 0.5) is 4.39 Å². The van der Waals surface area contributed by atoms with E-state index in [0.29, 0.717) is 30.1 Å².